The lowest BCUT2D eigenvalue weighted by atomic mass is 10.1. The van der Waals surface area contributed by atoms with E-state index >= 15 is 0 Å². The minimum absolute atomic E-state index is 0.221. The van der Waals surface area contributed by atoms with Crippen molar-refractivity contribution in [3.05, 3.63) is 109 Å². The van der Waals surface area contributed by atoms with Gasteiger partial charge >= 0.3 is 0 Å². The summed E-state index contributed by atoms with van der Waals surface area (Å²) < 4.78 is 8.86. The molecule has 158 valence electrons. The number of hydrogen-bond acceptors (Lipinski definition) is 5. The predicted molar refractivity (Wildman–Crippen MR) is 118 cm³/mol. The maximum atomic E-state index is 13.1. The summed E-state index contributed by atoms with van der Waals surface area (Å²) in [7, 11) is 0. The van der Waals surface area contributed by atoms with Gasteiger partial charge in [-0.05, 0) is 35.4 Å². The zero-order chi connectivity index (χ0) is 21.8. The van der Waals surface area contributed by atoms with Crippen molar-refractivity contribution in [3.8, 4) is 17.1 Å². The third-order valence-electron chi connectivity index (χ3n) is 4.97. The molecule has 0 radical (unpaired) electrons. The summed E-state index contributed by atoms with van der Waals surface area (Å²) in [5.41, 5.74) is 3.90. The second-order valence-corrected chi connectivity index (χ2v) is 7.24. The maximum Gasteiger partial charge on any atom is 0.270 e. The topological polar surface area (TPSA) is 90.8 Å². The molecule has 3 heterocycles. The molecule has 2 aromatic carbocycles. The van der Waals surface area contributed by atoms with E-state index in [1.54, 1.807) is 34.1 Å². The molecule has 32 heavy (non-hydrogen) atoms. The van der Waals surface area contributed by atoms with Gasteiger partial charge in [-0.2, -0.15) is 10.2 Å². The SMILES string of the molecule is O=C(NCc1cccc(Cn2cncn2)c1)c1cc(-c2ccco2)nn1-c1ccccc1. The Morgan fingerprint density at radius 2 is 1.84 bits per heavy atom. The highest BCUT2D eigenvalue weighted by atomic mass is 16.3. The second kappa shape index (κ2) is 8.73. The molecule has 5 rings (SSSR count). The van der Waals surface area contributed by atoms with E-state index in [2.05, 4.69) is 20.5 Å². The summed E-state index contributed by atoms with van der Waals surface area (Å²) in [6.07, 6.45) is 4.77. The Labute approximate surface area is 184 Å². The van der Waals surface area contributed by atoms with Crippen molar-refractivity contribution in [2.24, 2.45) is 0 Å². The number of furan rings is 1. The predicted octanol–water partition coefficient (Wildman–Crippen LogP) is 3.70. The molecule has 8 nitrogen and oxygen atoms in total. The summed E-state index contributed by atoms with van der Waals surface area (Å²) in [6.45, 7) is 1.01. The van der Waals surface area contributed by atoms with Crippen LogP contribution in [-0.4, -0.2) is 30.5 Å². The third kappa shape index (κ3) is 4.20. The average Bonchev–Trinajstić information content (AvgIpc) is 3.60. The standard InChI is InChI=1S/C24H20N6O2/c31-24(26-14-18-6-4-7-19(12-18)15-29-17-25-16-27-29)22-13-21(23-10-5-11-32-23)28-30(22)20-8-2-1-3-9-20/h1-13,16-17H,14-15H2,(H,26,31). The Bertz CT molecular complexity index is 1310. The van der Waals surface area contributed by atoms with Gasteiger partial charge in [-0.3, -0.25) is 4.79 Å². The number of benzene rings is 2. The van der Waals surface area contributed by atoms with Gasteiger partial charge in [0.25, 0.3) is 5.91 Å². The van der Waals surface area contributed by atoms with Crippen LogP contribution in [0.25, 0.3) is 17.1 Å². The van der Waals surface area contributed by atoms with Gasteiger partial charge in [0, 0.05) is 12.6 Å². The van der Waals surface area contributed by atoms with Crippen LogP contribution < -0.4 is 5.32 Å². The Morgan fingerprint density at radius 3 is 2.62 bits per heavy atom. The Balaban J connectivity index is 1.36. The van der Waals surface area contributed by atoms with Gasteiger partial charge < -0.3 is 9.73 Å². The zero-order valence-electron chi connectivity index (χ0n) is 17.1. The summed E-state index contributed by atoms with van der Waals surface area (Å²) >= 11 is 0. The van der Waals surface area contributed by atoms with Crippen molar-refractivity contribution >= 4 is 5.91 Å². The number of para-hydroxylation sites is 1. The van der Waals surface area contributed by atoms with E-state index in [4.69, 9.17) is 4.42 Å². The van der Waals surface area contributed by atoms with Gasteiger partial charge in [-0.25, -0.2) is 14.3 Å². The van der Waals surface area contributed by atoms with Gasteiger partial charge in [0.1, 0.15) is 24.0 Å². The van der Waals surface area contributed by atoms with Crippen LogP contribution in [-0.2, 0) is 13.1 Å². The molecular weight excluding hydrogens is 404 g/mol. The first-order valence-corrected chi connectivity index (χ1v) is 10.1. The van der Waals surface area contributed by atoms with Crippen LogP contribution >= 0.6 is 0 Å². The van der Waals surface area contributed by atoms with E-state index in [9.17, 15) is 4.79 Å². The lowest BCUT2D eigenvalue weighted by Crippen LogP contribution is -2.25. The Morgan fingerprint density at radius 1 is 0.969 bits per heavy atom. The molecule has 0 atom stereocenters. The van der Waals surface area contributed by atoms with E-state index in [1.165, 1.54) is 6.33 Å². The minimum Gasteiger partial charge on any atom is -0.463 e. The second-order valence-electron chi connectivity index (χ2n) is 7.24. The third-order valence-corrected chi connectivity index (χ3v) is 4.97. The Kier molecular flexibility index (Phi) is 5.32. The maximum absolute atomic E-state index is 13.1. The van der Waals surface area contributed by atoms with Crippen molar-refractivity contribution in [2.75, 3.05) is 0 Å². The monoisotopic (exact) mass is 424 g/mol. The average molecular weight is 424 g/mol. The molecule has 5 aromatic rings. The summed E-state index contributed by atoms with van der Waals surface area (Å²) in [5, 5.41) is 11.7. The number of nitrogens with one attached hydrogen (secondary N) is 1. The first-order chi connectivity index (χ1) is 15.8. The quantitative estimate of drug-likeness (QED) is 0.430. The van der Waals surface area contributed by atoms with Crippen LogP contribution in [0.4, 0.5) is 0 Å². The van der Waals surface area contributed by atoms with Gasteiger partial charge in [0.15, 0.2) is 5.76 Å². The van der Waals surface area contributed by atoms with Crippen LogP contribution in [0.5, 0.6) is 0 Å². The molecular formula is C24H20N6O2. The largest absolute Gasteiger partial charge is 0.463 e. The fourth-order valence-electron chi connectivity index (χ4n) is 3.47. The lowest BCUT2D eigenvalue weighted by molar-refractivity contribution is 0.0943. The molecule has 0 aliphatic heterocycles. The molecule has 0 aliphatic rings. The van der Waals surface area contributed by atoms with E-state index in [0.29, 0.717) is 30.2 Å². The van der Waals surface area contributed by atoms with E-state index in [1.807, 2.05) is 60.7 Å². The molecule has 8 heteroatoms. The first kappa shape index (κ1) is 19.5. The fraction of sp³-hybridized carbons (Fsp3) is 0.0833. The molecule has 0 aliphatic carbocycles. The molecule has 0 saturated heterocycles. The highest BCUT2D eigenvalue weighted by Gasteiger charge is 2.18. The molecule has 1 amide bonds. The smallest absolute Gasteiger partial charge is 0.270 e. The molecule has 3 aromatic heterocycles. The number of amides is 1. The first-order valence-electron chi connectivity index (χ1n) is 10.1. The van der Waals surface area contributed by atoms with Crippen molar-refractivity contribution in [1.82, 2.24) is 29.9 Å². The Hall–Kier alpha value is -4.46. The summed E-state index contributed by atoms with van der Waals surface area (Å²) in [6, 6.07) is 22.9. The van der Waals surface area contributed by atoms with Crippen molar-refractivity contribution in [2.45, 2.75) is 13.1 Å². The molecule has 0 fully saturated rings. The molecule has 1 N–H and O–H groups in total. The van der Waals surface area contributed by atoms with Crippen LogP contribution in [0, 0.1) is 0 Å². The number of hydrogen-bond donors (Lipinski definition) is 1. The minimum atomic E-state index is -0.221. The van der Waals surface area contributed by atoms with Crippen molar-refractivity contribution in [1.29, 1.82) is 0 Å². The number of rotatable bonds is 7. The van der Waals surface area contributed by atoms with Crippen LogP contribution in [0.15, 0.2) is 96.1 Å². The number of carbonyl (C=O) groups is 1. The van der Waals surface area contributed by atoms with Gasteiger partial charge in [0.05, 0.1) is 18.5 Å². The fourth-order valence-corrected chi connectivity index (χ4v) is 3.47. The number of aromatic nitrogens is 5. The van der Waals surface area contributed by atoms with E-state index in [0.717, 1.165) is 16.8 Å². The molecule has 0 saturated carbocycles. The summed E-state index contributed by atoms with van der Waals surface area (Å²) in [5.74, 6) is 0.385. The van der Waals surface area contributed by atoms with Gasteiger partial charge in [0.2, 0.25) is 0 Å². The van der Waals surface area contributed by atoms with Crippen LogP contribution in [0.1, 0.15) is 21.6 Å². The number of nitrogens with zero attached hydrogens (tertiary/aromatic N) is 5. The molecule has 0 spiro atoms. The van der Waals surface area contributed by atoms with Crippen LogP contribution in [0.3, 0.4) is 0 Å². The lowest BCUT2D eigenvalue weighted by Gasteiger charge is -2.09. The summed E-state index contributed by atoms with van der Waals surface area (Å²) in [4.78, 5) is 17.1. The zero-order valence-corrected chi connectivity index (χ0v) is 17.1. The molecule has 0 bridgehead atoms. The highest BCUT2D eigenvalue weighted by molar-refractivity contribution is 5.94. The van der Waals surface area contributed by atoms with E-state index < -0.39 is 0 Å². The normalized spacial score (nSPS) is 10.9. The van der Waals surface area contributed by atoms with E-state index in [-0.39, 0.29) is 5.91 Å². The number of carbonyl (C=O) groups excluding carboxylic acids is 1. The van der Waals surface area contributed by atoms with Crippen molar-refractivity contribution < 1.29 is 9.21 Å². The highest BCUT2D eigenvalue weighted by Crippen LogP contribution is 2.22. The van der Waals surface area contributed by atoms with Gasteiger partial charge in [-0.15, -0.1) is 0 Å². The van der Waals surface area contributed by atoms with Crippen molar-refractivity contribution in [3.63, 3.8) is 0 Å². The van der Waals surface area contributed by atoms with Crippen LogP contribution in [0.2, 0.25) is 0 Å². The van der Waals surface area contributed by atoms with Gasteiger partial charge in [-0.1, -0.05) is 42.5 Å². The molecule has 0 unspecified atom stereocenters.